The Morgan fingerprint density at radius 1 is 0.816 bits per heavy atom. The molecule has 0 bridgehead atoms. The highest BCUT2D eigenvalue weighted by Crippen LogP contribution is 2.16. The van der Waals surface area contributed by atoms with Gasteiger partial charge in [-0.1, -0.05) is 60.7 Å². The first kappa shape index (κ1) is 25.0. The minimum Gasteiger partial charge on any atom is -0.346 e. The van der Waals surface area contributed by atoms with Crippen LogP contribution in [0.2, 0.25) is 0 Å². The van der Waals surface area contributed by atoms with Crippen LogP contribution in [0.1, 0.15) is 45.6 Å². The molecule has 5 aromatic rings. The zero-order valence-corrected chi connectivity index (χ0v) is 21.6. The third-order valence-electron chi connectivity index (χ3n) is 7.00. The van der Waals surface area contributed by atoms with Crippen molar-refractivity contribution in [1.29, 1.82) is 0 Å². The van der Waals surface area contributed by atoms with E-state index in [1.807, 2.05) is 81.4 Å². The van der Waals surface area contributed by atoms with E-state index in [4.69, 9.17) is 0 Å². The minimum atomic E-state index is -0.407. The molecule has 1 aromatic heterocycles. The van der Waals surface area contributed by atoms with Crippen molar-refractivity contribution < 1.29 is 4.79 Å². The number of carbonyl (C=O) groups is 1. The number of rotatable bonds is 6. The van der Waals surface area contributed by atoms with Gasteiger partial charge in [0.1, 0.15) is 0 Å². The third kappa shape index (κ3) is 4.81. The first-order chi connectivity index (χ1) is 18.3. The van der Waals surface area contributed by atoms with Gasteiger partial charge in [0.2, 0.25) is 0 Å². The Balaban J connectivity index is 1.48. The largest absolute Gasteiger partial charge is 0.346 e. The van der Waals surface area contributed by atoms with Crippen molar-refractivity contribution in [2.45, 2.75) is 33.4 Å². The maximum absolute atomic E-state index is 13.7. The van der Waals surface area contributed by atoms with Gasteiger partial charge in [-0.05, 0) is 79.4 Å². The van der Waals surface area contributed by atoms with E-state index in [9.17, 15) is 14.4 Å². The van der Waals surface area contributed by atoms with Crippen LogP contribution in [-0.2, 0) is 6.54 Å². The molecule has 0 aliphatic rings. The van der Waals surface area contributed by atoms with Crippen LogP contribution in [0.4, 0.5) is 0 Å². The van der Waals surface area contributed by atoms with Crippen LogP contribution in [0.15, 0.2) is 107 Å². The maximum atomic E-state index is 13.7. The summed E-state index contributed by atoms with van der Waals surface area (Å²) in [6.45, 7) is 6.16. The quantitative estimate of drug-likeness (QED) is 0.341. The summed E-state index contributed by atoms with van der Waals surface area (Å²) in [4.78, 5) is 39.9. The average Bonchev–Trinajstić information content (AvgIpc) is 2.94. The number of hydrogen-bond donors (Lipinski definition) is 1. The summed E-state index contributed by atoms with van der Waals surface area (Å²) in [7, 11) is 0. The Hall–Kier alpha value is -4.71. The first-order valence-corrected chi connectivity index (χ1v) is 12.6. The molecular weight excluding hydrogens is 474 g/mol. The van der Waals surface area contributed by atoms with E-state index < -0.39 is 5.69 Å². The van der Waals surface area contributed by atoms with E-state index in [1.54, 1.807) is 41.0 Å². The first-order valence-electron chi connectivity index (χ1n) is 12.6. The standard InChI is InChI=1S/C32H29N3O3/c1-21-13-18-27(19-22(21)2)35-31(37)28-11-7-8-12-29(28)34(32(35)38)20-24-14-16-26(17-15-24)30(36)33-23(3)25-9-5-4-6-10-25/h4-19,23H,20H2,1-3H3,(H,33,36)/t23-/m0/s1. The van der Waals surface area contributed by atoms with Gasteiger partial charge < -0.3 is 5.32 Å². The van der Waals surface area contributed by atoms with Crippen LogP contribution in [0.5, 0.6) is 0 Å². The molecule has 0 saturated heterocycles. The van der Waals surface area contributed by atoms with Crippen molar-refractivity contribution in [3.63, 3.8) is 0 Å². The molecule has 6 nitrogen and oxygen atoms in total. The molecule has 0 radical (unpaired) electrons. The number of amides is 1. The van der Waals surface area contributed by atoms with Crippen molar-refractivity contribution in [3.05, 3.63) is 146 Å². The molecular formula is C32H29N3O3. The fourth-order valence-electron chi connectivity index (χ4n) is 4.62. The van der Waals surface area contributed by atoms with Gasteiger partial charge in [0.05, 0.1) is 29.2 Å². The summed E-state index contributed by atoms with van der Waals surface area (Å²) < 4.78 is 2.85. The van der Waals surface area contributed by atoms with Crippen LogP contribution in [0.3, 0.4) is 0 Å². The Labute approximate surface area is 220 Å². The monoisotopic (exact) mass is 503 g/mol. The highest BCUT2D eigenvalue weighted by atomic mass is 16.2. The van der Waals surface area contributed by atoms with Crippen LogP contribution >= 0.6 is 0 Å². The molecule has 4 aromatic carbocycles. The second-order valence-electron chi connectivity index (χ2n) is 9.60. The van der Waals surface area contributed by atoms with Crippen LogP contribution in [0, 0.1) is 13.8 Å². The predicted octanol–water partition coefficient (Wildman–Crippen LogP) is 5.31. The molecule has 1 amide bonds. The molecule has 0 aliphatic heterocycles. The van der Waals surface area contributed by atoms with E-state index >= 15 is 0 Å². The van der Waals surface area contributed by atoms with E-state index in [0.717, 1.165) is 22.3 Å². The molecule has 6 heteroatoms. The number of nitrogens with one attached hydrogen (secondary N) is 1. The number of aromatic nitrogens is 2. The average molecular weight is 504 g/mol. The smallest absolute Gasteiger partial charge is 0.336 e. The van der Waals surface area contributed by atoms with Crippen molar-refractivity contribution in [1.82, 2.24) is 14.5 Å². The molecule has 0 unspecified atom stereocenters. The van der Waals surface area contributed by atoms with Crippen LogP contribution in [-0.4, -0.2) is 15.0 Å². The molecule has 0 saturated carbocycles. The zero-order valence-electron chi connectivity index (χ0n) is 21.6. The SMILES string of the molecule is Cc1ccc(-n2c(=O)c3ccccc3n(Cc3ccc(C(=O)N[C@@H](C)c4ccccc4)cc3)c2=O)cc1C. The highest BCUT2D eigenvalue weighted by molar-refractivity contribution is 5.94. The van der Waals surface area contributed by atoms with E-state index in [0.29, 0.717) is 22.2 Å². The molecule has 0 fully saturated rings. The number of para-hydroxylation sites is 1. The highest BCUT2D eigenvalue weighted by Gasteiger charge is 2.16. The number of hydrogen-bond acceptors (Lipinski definition) is 3. The van der Waals surface area contributed by atoms with Gasteiger partial charge in [-0.2, -0.15) is 0 Å². The second-order valence-corrected chi connectivity index (χ2v) is 9.60. The van der Waals surface area contributed by atoms with Crippen LogP contribution in [0.25, 0.3) is 16.6 Å². The number of nitrogens with zero attached hydrogens (tertiary/aromatic N) is 2. The summed E-state index contributed by atoms with van der Waals surface area (Å²) in [5, 5.41) is 3.49. The number of benzene rings is 4. The van der Waals surface area contributed by atoms with Crippen molar-refractivity contribution in [2.24, 2.45) is 0 Å². The summed E-state index contributed by atoms with van der Waals surface area (Å²) in [5.74, 6) is -0.168. The second kappa shape index (κ2) is 10.3. The van der Waals surface area contributed by atoms with Crippen molar-refractivity contribution in [3.8, 4) is 5.69 Å². The van der Waals surface area contributed by atoms with Gasteiger partial charge in [-0.3, -0.25) is 14.2 Å². The lowest BCUT2D eigenvalue weighted by molar-refractivity contribution is 0.0940. The third-order valence-corrected chi connectivity index (χ3v) is 7.00. The van der Waals surface area contributed by atoms with E-state index in [-0.39, 0.29) is 24.1 Å². The Kier molecular flexibility index (Phi) is 6.79. The number of carbonyl (C=O) groups excluding carboxylic acids is 1. The van der Waals surface area contributed by atoms with Gasteiger partial charge >= 0.3 is 5.69 Å². The van der Waals surface area contributed by atoms with Gasteiger partial charge in [-0.15, -0.1) is 0 Å². The minimum absolute atomic E-state index is 0.125. The van der Waals surface area contributed by atoms with Crippen LogP contribution < -0.4 is 16.6 Å². The molecule has 1 N–H and O–H groups in total. The molecule has 5 rings (SSSR count). The predicted molar refractivity (Wildman–Crippen MR) is 151 cm³/mol. The number of aryl methyl sites for hydroxylation is 2. The Morgan fingerprint density at radius 3 is 2.21 bits per heavy atom. The lowest BCUT2D eigenvalue weighted by Gasteiger charge is -2.16. The molecule has 1 atom stereocenters. The Morgan fingerprint density at radius 2 is 1.50 bits per heavy atom. The summed E-state index contributed by atoms with van der Waals surface area (Å²) >= 11 is 0. The molecule has 190 valence electrons. The van der Waals surface area contributed by atoms with Gasteiger partial charge in [-0.25, -0.2) is 9.36 Å². The Bertz CT molecular complexity index is 1750. The van der Waals surface area contributed by atoms with Gasteiger partial charge in [0.25, 0.3) is 11.5 Å². The van der Waals surface area contributed by atoms with Crippen molar-refractivity contribution >= 4 is 16.8 Å². The summed E-state index contributed by atoms with van der Waals surface area (Å²) in [6, 6.07) is 29.6. The van der Waals surface area contributed by atoms with Crippen molar-refractivity contribution in [2.75, 3.05) is 0 Å². The van der Waals surface area contributed by atoms with Gasteiger partial charge in [0, 0.05) is 5.56 Å². The fraction of sp³-hybridized carbons (Fsp3) is 0.156. The molecule has 1 heterocycles. The lowest BCUT2D eigenvalue weighted by atomic mass is 10.1. The molecule has 0 aliphatic carbocycles. The van der Waals surface area contributed by atoms with Gasteiger partial charge in [0.15, 0.2) is 0 Å². The topological polar surface area (TPSA) is 73.1 Å². The summed E-state index contributed by atoms with van der Waals surface area (Å²) in [6.07, 6.45) is 0. The fourth-order valence-corrected chi connectivity index (χ4v) is 4.62. The van der Waals surface area contributed by atoms with E-state index in [1.165, 1.54) is 4.57 Å². The summed E-state index contributed by atoms with van der Waals surface area (Å²) in [5.41, 5.74) is 4.86. The maximum Gasteiger partial charge on any atom is 0.336 e. The molecule has 0 spiro atoms. The lowest BCUT2D eigenvalue weighted by Crippen LogP contribution is -2.39. The van der Waals surface area contributed by atoms with E-state index in [2.05, 4.69) is 5.32 Å². The normalized spacial score (nSPS) is 11.9. The zero-order chi connectivity index (χ0) is 26.8. The molecule has 38 heavy (non-hydrogen) atoms. The number of fused-ring (bicyclic) bond motifs is 1.